The minimum atomic E-state index is -0.413. The molecule has 0 N–H and O–H groups in total. The molecule has 0 aliphatic carbocycles. The summed E-state index contributed by atoms with van der Waals surface area (Å²) in [6, 6.07) is 0.359. The first-order valence-corrected chi connectivity index (χ1v) is 5.65. The van der Waals surface area contributed by atoms with Crippen LogP contribution in [0.4, 0.5) is 0 Å². The second-order valence-electron chi connectivity index (χ2n) is 4.99. The summed E-state index contributed by atoms with van der Waals surface area (Å²) in [4.78, 5) is 14.3. The minimum absolute atomic E-state index is 0.0659. The van der Waals surface area contributed by atoms with Crippen LogP contribution in [0.15, 0.2) is 12.7 Å². The third-order valence-electron chi connectivity index (χ3n) is 3.15. The van der Waals surface area contributed by atoms with E-state index in [2.05, 4.69) is 25.3 Å². The van der Waals surface area contributed by atoms with Gasteiger partial charge in [-0.3, -0.25) is 9.69 Å². The first-order chi connectivity index (χ1) is 6.77. The zero-order valence-corrected chi connectivity index (χ0v) is 11.0. The smallest absolute Gasteiger partial charge is 0.155 e. The Balaban J connectivity index is 5.04. The molecule has 15 heavy (non-hydrogen) atoms. The van der Waals surface area contributed by atoms with Crippen molar-refractivity contribution in [3.05, 3.63) is 12.7 Å². The molecule has 0 spiro atoms. The Morgan fingerprint density at radius 3 is 2.13 bits per heavy atom. The number of carbonyl (C=O) groups is 1. The molecule has 0 aromatic carbocycles. The number of carbonyl (C=O) groups excluding carboxylic acids is 1. The van der Waals surface area contributed by atoms with Crippen molar-refractivity contribution in [1.82, 2.24) is 4.90 Å². The summed E-state index contributed by atoms with van der Waals surface area (Å²) in [7, 11) is 2.01. The third kappa shape index (κ3) is 3.16. The number of ketones is 1. The molecule has 2 nitrogen and oxygen atoms in total. The first kappa shape index (κ1) is 14.4. The SMILES string of the molecule is C=CC[C@@](C)(C(=O)C(C)C)N(C)C(C)C. The predicted octanol–water partition coefficient (Wildman–Crippen LogP) is 2.89. The van der Waals surface area contributed by atoms with Gasteiger partial charge in [-0.1, -0.05) is 19.9 Å². The molecule has 0 unspecified atom stereocenters. The van der Waals surface area contributed by atoms with E-state index in [9.17, 15) is 4.79 Å². The van der Waals surface area contributed by atoms with E-state index in [1.54, 1.807) is 0 Å². The van der Waals surface area contributed by atoms with Gasteiger partial charge in [0.15, 0.2) is 5.78 Å². The highest BCUT2D eigenvalue weighted by atomic mass is 16.1. The molecular formula is C13H25NO. The second kappa shape index (κ2) is 5.45. The van der Waals surface area contributed by atoms with Crippen LogP contribution in [0, 0.1) is 5.92 Å². The molecule has 88 valence electrons. The highest BCUT2D eigenvalue weighted by molar-refractivity contribution is 5.89. The molecule has 0 heterocycles. The third-order valence-corrected chi connectivity index (χ3v) is 3.15. The summed E-state index contributed by atoms with van der Waals surface area (Å²) in [5.41, 5.74) is -0.413. The summed E-state index contributed by atoms with van der Waals surface area (Å²) in [6.07, 6.45) is 2.54. The Kier molecular flexibility index (Phi) is 5.22. The first-order valence-electron chi connectivity index (χ1n) is 5.65. The van der Waals surface area contributed by atoms with Gasteiger partial charge in [0, 0.05) is 12.0 Å². The number of hydrogen-bond acceptors (Lipinski definition) is 2. The number of likely N-dealkylation sites (N-methyl/N-ethyl adjacent to an activating group) is 1. The molecule has 0 aliphatic heterocycles. The molecular weight excluding hydrogens is 186 g/mol. The number of rotatable bonds is 6. The predicted molar refractivity (Wildman–Crippen MR) is 66.0 cm³/mol. The Hall–Kier alpha value is -0.630. The van der Waals surface area contributed by atoms with E-state index in [1.165, 1.54) is 0 Å². The van der Waals surface area contributed by atoms with Crippen molar-refractivity contribution in [2.75, 3.05) is 7.05 Å². The highest BCUT2D eigenvalue weighted by Crippen LogP contribution is 2.25. The number of Topliss-reactive ketones (excluding diaryl/α,β-unsaturated/α-hetero) is 1. The molecule has 0 bridgehead atoms. The molecule has 1 atom stereocenters. The molecule has 0 saturated carbocycles. The average Bonchev–Trinajstić information content (AvgIpc) is 2.15. The Bertz CT molecular complexity index is 233. The van der Waals surface area contributed by atoms with Gasteiger partial charge < -0.3 is 0 Å². The van der Waals surface area contributed by atoms with E-state index >= 15 is 0 Å². The summed E-state index contributed by atoms with van der Waals surface area (Å²) < 4.78 is 0. The van der Waals surface area contributed by atoms with Crippen molar-refractivity contribution in [3.63, 3.8) is 0 Å². The molecule has 0 aromatic heterocycles. The molecule has 0 aliphatic rings. The van der Waals surface area contributed by atoms with Crippen LogP contribution in [0.3, 0.4) is 0 Å². The average molecular weight is 211 g/mol. The fourth-order valence-corrected chi connectivity index (χ4v) is 1.89. The van der Waals surface area contributed by atoms with Gasteiger partial charge in [-0.25, -0.2) is 0 Å². The zero-order chi connectivity index (χ0) is 12.2. The highest BCUT2D eigenvalue weighted by Gasteiger charge is 2.38. The van der Waals surface area contributed by atoms with Crippen LogP contribution in [0.2, 0.25) is 0 Å². The van der Waals surface area contributed by atoms with Crippen LogP contribution in [-0.2, 0) is 4.79 Å². The molecule has 2 heteroatoms. The van der Waals surface area contributed by atoms with Crippen molar-refractivity contribution in [1.29, 1.82) is 0 Å². The van der Waals surface area contributed by atoms with Crippen LogP contribution < -0.4 is 0 Å². The monoisotopic (exact) mass is 211 g/mol. The van der Waals surface area contributed by atoms with E-state index in [1.807, 2.05) is 33.9 Å². The summed E-state index contributed by atoms with van der Waals surface area (Å²) >= 11 is 0. The van der Waals surface area contributed by atoms with Gasteiger partial charge in [-0.05, 0) is 34.2 Å². The largest absolute Gasteiger partial charge is 0.297 e. The lowest BCUT2D eigenvalue weighted by Gasteiger charge is -2.40. The summed E-state index contributed by atoms with van der Waals surface area (Å²) in [5.74, 6) is 0.356. The lowest BCUT2D eigenvalue weighted by molar-refractivity contribution is -0.133. The number of nitrogens with zero attached hydrogens (tertiary/aromatic N) is 1. The zero-order valence-electron chi connectivity index (χ0n) is 11.0. The fourth-order valence-electron chi connectivity index (χ4n) is 1.89. The standard InChI is InChI=1S/C13H25NO/c1-8-9-13(6,12(15)10(2)3)14(7)11(4)5/h8,10-11H,1,9H2,2-7H3/t13-/m0/s1. The molecule has 0 saturated heterocycles. The van der Waals surface area contributed by atoms with E-state index < -0.39 is 5.54 Å². The van der Waals surface area contributed by atoms with E-state index in [0.29, 0.717) is 18.2 Å². The van der Waals surface area contributed by atoms with Crippen molar-refractivity contribution >= 4 is 5.78 Å². The van der Waals surface area contributed by atoms with Crippen LogP contribution >= 0.6 is 0 Å². The summed E-state index contributed by atoms with van der Waals surface area (Å²) in [6.45, 7) is 13.9. The van der Waals surface area contributed by atoms with Crippen LogP contribution in [0.5, 0.6) is 0 Å². The normalized spacial score (nSPS) is 15.8. The van der Waals surface area contributed by atoms with Gasteiger partial charge in [-0.2, -0.15) is 0 Å². The van der Waals surface area contributed by atoms with E-state index in [0.717, 1.165) is 0 Å². The van der Waals surface area contributed by atoms with Gasteiger partial charge >= 0.3 is 0 Å². The molecule has 0 aromatic rings. The van der Waals surface area contributed by atoms with Gasteiger partial charge in [-0.15, -0.1) is 6.58 Å². The Labute approximate surface area is 94.4 Å². The van der Waals surface area contributed by atoms with Crippen molar-refractivity contribution < 1.29 is 4.79 Å². The second-order valence-corrected chi connectivity index (χ2v) is 4.99. The quantitative estimate of drug-likeness (QED) is 0.630. The van der Waals surface area contributed by atoms with Gasteiger partial charge in [0.05, 0.1) is 5.54 Å². The van der Waals surface area contributed by atoms with Gasteiger partial charge in [0.1, 0.15) is 0 Å². The summed E-state index contributed by atoms with van der Waals surface area (Å²) in [5, 5.41) is 0. The van der Waals surface area contributed by atoms with Gasteiger partial charge in [0.25, 0.3) is 0 Å². The lowest BCUT2D eigenvalue weighted by Crippen LogP contribution is -2.54. The molecule has 0 fully saturated rings. The number of hydrogen-bond donors (Lipinski definition) is 0. The van der Waals surface area contributed by atoms with Crippen LogP contribution in [-0.4, -0.2) is 29.3 Å². The van der Waals surface area contributed by atoms with Crippen LogP contribution in [0.1, 0.15) is 41.0 Å². The minimum Gasteiger partial charge on any atom is -0.297 e. The van der Waals surface area contributed by atoms with E-state index in [4.69, 9.17) is 0 Å². The topological polar surface area (TPSA) is 20.3 Å². The lowest BCUT2D eigenvalue weighted by atomic mass is 9.84. The van der Waals surface area contributed by atoms with Crippen LogP contribution in [0.25, 0.3) is 0 Å². The van der Waals surface area contributed by atoms with Crippen molar-refractivity contribution in [2.24, 2.45) is 5.92 Å². The maximum Gasteiger partial charge on any atom is 0.155 e. The Morgan fingerprint density at radius 1 is 1.40 bits per heavy atom. The fraction of sp³-hybridized carbons (Fsp3) is 0.769. The molecule has 0 radical (unpaired) electrons. The maximum absolute atomic E-state index is 12.2. The maximum atomic E-state index is 12.2. The van der Waals surface area contributed by atoms with Crippen molar-refractivity contribution in [3.8, 4) is 0 Å². The van der Waals surface area contributed by atoms with E-state index in [-0.39, 0.29) is 5.92 Å². The Morgan fingerprint density at radius 2 is 1.87 bits per heavy atom. The van der Waals surface area contributed by atoms with Crippen molar-refractivity contribution in [2.45, 2.75) is 52.6 Å². The molecule has 0 rings (SSSR count). The van der Waals surface area contributed by atoms with Gasteiger partial charge in [0.2, 0.25) is 0 Å². The molecule has 0 amide bonds.